The van der Waals surface area contributed by atoms with Gasteiger partial charge in [-0.1, -0.05) is 24.3 Å². The lowest BCUT2D eigenvalue weighted by atomic mass is 10.1. The van der Waals surface area contributed by atoms with Gasteiger partial charge in [-0.15, -0.1) is 0 Å². The number of aromatic nitrogens is 2. The predicted molar refractivity (Wildman–Crippen MR) is 103 cm³/mol. The fraction of sp³-hybridized carbons (Fsp3) is 0.200. The number of aliphatic hydroxyl groups is 1. The van der Waals surface area contributed by atoms with Gasteiger partial charge in [-0.3, -0.25) is 0 Å². The highest BCUT2D eigenvalue weighted by atomic mass is 16.5. The minimum Gasteiger partial charge on any atom is -0.497 e. The summed E-state index contributed by atoms with van der Waals surface area (Å²) in [5.41, 5.74) is 2.87. The van der Waals surface area contributed by atoms with Gasteiger partial charge in [0.2, 0.25) is 5.95 Å². The Labute approximate surface area is 152 Å². The Balaban J connectivity index is 1.63. The second-order valence-electron chi connectivity index (χ2n) is 5.93. The van der Waals surface area contributed by atoms with E-state index in [9.17, 15) is 5.11 Å². The van der Waals surface area contributed by atoms with E-state index in [2.05, 4.69) is 20.6 Å². The number of aliphatic hydroxyl groups excluding tert-OH is 1. The molecule has 0 aliphatic carbocycles. The maximum atomic E-state index is 10.4. The van der Waals surface area contributed by atoms with Crippen molar-refractivity contribution in [2.45, 2.75) is 13.0 Å². The maximum absolute atomic E-state index is 10.4. The van der Waals surface area contributed by atoms with E-state index in [1.807, 2.05) is 55.5 Å². The highest BCUT2D eigenvalue weighted by Gasteiger charge is 2.09. The Kier molecular flexibility index (Phi) is 5.66. The van der Waals surface area contributed by atoms with E-state index in [0.717, 1.165) is 16.8 Å². The lowest BCUT2D eigenvalue weighted by Crippen LogP contribution is -2.13. The number of methoxy groups -OCH3 is 1. The van der Waals surface area contributed by atoms with Gasteiger partial charge in [0.15, 0.2) is 0 Å². The summed E-state index contributed by atoms with van der Waals surface area (Å²) in [6, 6.07) is 17.1. The van der Waals surface area contributed by atoms with Crippen LogP contribution in [-0.2, 0) is 0 Å². The van der Waals surface area contributed by atoms with Crippen LogP contribution < -0.4 is 15.4 Å². The predicted octanol–water partition coefficient (Wildman–Crippen LogP) is 3.68. The van der Waals surface area contributed by atoms with Crippen LogP contribution in [0.5, 0.6) is 5.75 Å². The fourth-order valence-electron chi connectivity index (χ4n) is 2.54. The molecule has 6 nitrogen and oxygen atoms in total. The lowest BCUT2D eigenvalue weighted by molar-refractivity contribution is 0.191. The topological polar surface area (TPSA) is 79.3 Å². The molecule has 3 N–H and O–H groups in total. The van der Waals surface area contributed by atoms with Gasteiger partial charge in [-0.2, -0.15) is 4.98 Å². The first kappa shape index (κ1) is 17.7. The summed E-state index contributed by atoms with van der Waals surface area (Å²) in [6.45, 7) is 2.36. The number of benzene rings is 2. The molecule has 0 aliphatic rings. The van der Waals surface area contributed by atoms with Crippen molar-refractivity contribution in [3.63, 3.8) is 0 Å². The third-order valence-corrected chi connectivity index (χ3v) is 3.88. The van der Waals surface area contributed by atoms with Crippen LogP contribution >= 0.6 is 0 Å². The van der Waals surface area contributed by atoms with Gasteiger partial charge in [0.25, 0.3) is 0 Å². The Morgan fingerprint density at radius 3 is 2.77 bits per heavy atom. The minimum absolute atomic E-state index is 0.327. The normalized spacial score (nSPS) is 11.7. The minimum atomic E-state index is -0.673. The molecular weight excluding hydrogens is 328 g/mol. The number of nitrogens with zero attached hydrogens (tertiary/aromatic N) is 2. The fourth-order valence-corrected chi connectivity index (χ4v) is 2.54. The Morgan fingerprint density at radius 2 is 1.96 bits per heavy atom. The van der Waals surface area contributed by atoms with Gasteiger partial charge in [-0.05, 0) is 48.4 Å². The summed E-state index contributed by atoms with van der Waals surface area (Å²) in [5.74, 6) is 1.85. The quantitative estimate of drug-likeness (QED) is 0.603. The smallest absolute Gasteiger partial charge is 0.229 e. The second kappa shape index (κ2) is 8.31. The largest absolute Gasteiger partial charge is 0.497 e. The molecule has 3 rings (SSSR count). The molecule has 134 valence electrons. The summed E-state index contributed by atoms with van der Waals surface area (Å²) >= 11 is 0. The SMILES string of the molecule is COc1cccc(C(O)CNc2ccnc(Nc3cccc(C)c3)n2)c1. The Bertz CT molecular complexity index is 870. The van der Waals surface area contributed by atoms with Crippen molar-refractivity contribution in [1.82, 2.24) is 9.97 Å². The molecule has 0 fully saturated rings. The van der Waals surface area contributed by atoms with Crippen LogP contribution in [0.1, 0.15) is 17.2 Å². The molecule has 0 spiro atoms. The summed E-state index contributed by atoms with van der Waals surface area (Å²) < 4.78 is 5.19. The van der Waals surface area contributed by atoms with Crippen molar-refractivity contribution in [2.75, 3.05) is 24.3 Å². The number of rotatable bonds is 7. The zero-order chi connectivity index (χ0) is 18.4. The first-order valence-corrected chi connectivity index (χ1v) is 8.36. The molecule has 1 aromatic heterocycles. The number of aryl methyl sites for hydroxylation is 1. The highest BCUT2D eigenvalue weighted by Crippen LogP contribution is 2.20. The van der Waals surface area contributed by atoms with Gasteiger partial charge < -0.3 is 20.5 Å². The Hall–Kier alpha value is -3.12. The molecule has 1 heterocycles. The van der Waals surface area contributed by atoms with E-state index in [4.69, 9.17) is 4.74 Å². The Morgan fingerprint density at radius 1 is 1.12 bits per heavy atom. The number of hydrogen-bond acceptors (Lipinski definition) is 6. The number of anilines is 3. The molecule has 1 unspecified atom stereocenters. The lowest BCUT2D eigenvalue weighted by Gasteiger charge is -2.14. The van der Waals surface area contributed by atoms with Gasteiger partial charge >= 0.3 is 0 Å². The van der Waals surface area contributed by atoms with Gasteiger partial charge in [0.1, 0.15) is 11.6 Å². The second-order valence-corrected chi connectivity index (χ2v) is 5.93. The monoisotopic (exact) mass is 350 g/mol. The standard InChI is InChI=1S/C20H22N4O2/c1-14-5-3-7-16(11-14)23-20-21-10-9-19(24-20)22-13-18(25)15-6-4-8-17(12-15)26-2/h3-12,18,25H,13H2,1-2H3,(H2,21,22,23,24). The zero-order valence-electron chi connectivity index (χ0n) is 14.8. The number of nitrogens with one attached hydrogen (secondary N) is 2. The third kappa shape index (κ3) is 4.70. The molecule has 2 aromatic carbocycles. The van der Waals surface area contributed by atoms with Crippen molar-refractivity contribution < 1.29 is 9.84 Å². The average Bonchev–Trinajstić information content (AvgIpc) is 2.66. The van der Waals surface area contributed by atoms with E-state index >= 15 is 0 Å². The van der Waals surface area contributed by atoms with E-state index in [1.165, 1.54) is 0 Å². The van der Waals surface area contributed by atoms with Crippen molar-refractivity contribution >= 4 is 17.5 Å². The van der Waals surface area contributed by atoms with Crippen molar-refractivity contribution in [1.29, 1.82) is 0 Å². The molecule has 1 atom stereocenters. The summed E-state index contributed by atoms with van der Waals surface area (Å²) in [5, 5.41) is 16.7. The van der Waals surface area contributed by atoms with E-state index in [0.29, 0.717) is 24.1 Å². The third-order valence-electron chi connectivity index (χ3n) is 3.88. The summed E-state index contributed by atoms with van der Waals surface area (Å²) in [6.07, 6.45) is 0.999. The van der Waals surface area contributed by atoms with Gasteiger partial charge in [0, 0.05) is 18.4 Å². The van der Waals surface area contributed by atoms with Crippen LogP contribution in [0.2, 0.25) is 0 Å². The molecule has 0 radical (unpaired) electrons. The molecular formula is C20H22N4O2. The van der Waals surface area contributed by atoms with Crippen LogP contribution in [0.4, 0.5) is 17.5 Å². The molecule has 6 heteroatoms. The summed E-state index contributed by atoms with van der Waals surface area (Å²) in [7, 11) is 1.60. The molecule has 3 aromatic rings. The van der Waals surface area contributed by atoms with Gasteiger partial charge in [0.05, 0.1) is 13.2 Å². The molecule has 0 aliphatic heterocycles. The number of ether oxygens (including phenoxy) is 1. The highest BCUT2D eigenvalue weighted by molar-refractivity contribution is 5.55. The van der Waals surface area contributed by atoms with Crippen molar-refractivity contribution in [2.24, 2.45) is 0 Å². The zero-order valence-corrected chi connectivity index (χ0v) is 14.8. The first-order chi connectivity index (χ1) is 12.6. The molecule has 0 bridgehead atoms. The van der Waals surface area contributed by atoms with E-state index in [1.54, 1.807) is 19.4 Å². The van der Waals surface area contributed by atoms with Crippen LogP contribution in [0.3, 0.4) is 0 Å². The molecule has 0 saturated carbocycles. The van der Waals surface area contributed by atoms with Crippen LogP contribution in [0, 0.1) is 6.92 Å². The van der Waals surface area contributed by atoms with Crippen molar-refractivity contribution in [3.8, 4) is 5.75 Å². The average molecular weight is 350 g/mol. The molecule has 0 amide bonds. The van der Waals surface area contributed by atoms with Crippen LogP contribution in [0.25, 0.3) is 0 Å². The molecule has 26 heavy (non-hydrogen) atoms. The van der Waals surface area contributed by atoms with Crippen LogP contribution in [0.15, 0.2) is 60.8 Å². The first-order valence-electron chi connectivity index (χ1n) is 8.36. The summed E-state index contributed by atoms with van der Waals surface area (Å²) in [4.78, 5) is 8.66. The van der Waals surface area contributed by atoms with Gasteiger partial charge in [-0.25, -0.2) is 4.98 Å². The number of hydrogen-bond donors (Lipinski definition) is 3. The van der Waals surface area contributed by atoms with Crippen LogP contribution in [-0.4, -0.2) is 28.7 Å². The molecule has 0 saturated heterocycles. The van der Waals surface area contributed by atoms with E-state index in [-0.39, 0.29) is 0 Å². The van der Waals surface area contributed by atoms with E-state index < -0.39 is 6.10 Å². The maximum Gasteiger partial charge on any atom is 0.229 e. The van der Waals surface area contributed by atoms with Crippen molar-refractivity contribution in [3.05, 3.63) is 71.9 Å².